The lowest BCUT2D eigenvalue weighted by atomic mass is 10.0. The summed E-state index contributed by atoms with van der Waals surface area (Å²) >= 11 is 1.53. The van der Waals surface area contributed by atoms with E-state index in [-0.39, 0.29) is 0 Å². The first-order valence-corrected chi connectivity index (χ1v) is 11.1. The quantitative estimate of drug-likeness (QED) is 0.389. The predicted molar refractivity (Wildman–Crippen MR) is 127 cm³/mol. The van der Waals surface area contributed by atoms with Gasteiger partial charge >= 0.3 is 0 Å². The number of ether oxygens (including phenoxy) is 1. The summed E-state index contributed by atoms with van der Waals surface area (Å²) in [4.78, 5) is 14.7. The van der Waals surface area contributed by atoms with E-state index in [4.69, 9.17) is 9.84 Å². The van der Waals surface area contributed by atoms with Gasteiger partial charge in [0.05, 0.1) is 12.8 Å². The van der Waals surface area contributed by atoms with E-state index < -0.39 is 0 Å². The molecule has 0 spiro atoms. The summed E-state index contributed by atoms with van der Waals surface area (Å²) in [6.45, 7) is 3.90. The Morgan fingerprint density at radius 1 is 0.969 bits per heavy atom. The number of nitrogens with zero attached hydrogens (tertiary/aromatic N) is 5. The van der Waals surface area contributed by atoms with Gasteiger partial charge in [0.25, 0.3) is 0 Å². The highest BCUT2D eigenvalue weighted by atomic mass is 32.1. The standard InChI is InChI=1S/C24H22N6OS/c1-15-19(13-17-9-5-4-6-10-17)22(26-16(2)25-15)27-23-28-24-30(29-23)20(14-32-24)18-11-7-8-12-21(18)31-3/h4-12,14H,13H2,1-3H3,(H,25,26,27,29). The Morgan fingerprint density at radius 3 is 2.56 bits per heavy atom. The fraction of sp³-hybridized carbons (Fsp3) is 0.167. The van der Waals surface area contributed by atoms with Crippen molar-refractivity contribution in [2.75, 3.05) is 12.4 Å². The molecule has 0 saturated heterocycles. The van der Waals surface area contributed by atoms with E-state index in [1.807, 2.05) is 66.2 Å². The lowest BCUT2D eigenvalue weighted by Gasteiger charge is -2.12. The Bertz CT molecular complexity index is 1390. The van der Waals surface area contributed by atoms with Crippen molar-refractivity contribution in [3.8, 4) is 17.0 Å². The molecule has 0 saturated carbocycles. The Labute approximate surface area is 189 Å². The van der Waals surface area contributed by atoms with Crippen molar-refractivity contribution in [1.29, 1.82) is 0 Å². The maximum Gasteiger partial charge on any atom is 0.249 e. The minimum absolute atomic E-state index is 0.500. The van der Waals surface area contributed by atoms with E-state index in [0.717, 1.165) is 45.5 Å². The zero-order chi connectivity index (χ0) is 22.1. The van der Waals surface area contributed by atoms with Gasteiger partial charge in [-0.3, -0.25) is 0 Å². The number of para-hydroxylation sites is 1. The first-order valence-electron chi connectivity index (χ1n) is 10.2. The number of hydrogen-bond donors (Lipinski definition) is 1. The lowest BCUT2D eigenvalue weighted by Crippen LogP contribution is -2.07. The van der Waals surface area contributed by atoms with Crippen LogP contribution < -0.4 is 10.1 Å². The van der Waals surface area contributed by atoms with Crippen LogP contribution in [0.3, 0.4) is 0 Å². The molecule has 3 heterocycles. The molecule has 0 aliphatic rings. The maximum absolute atomic E-state index is 5.53. The van der Waals surface area contributed by atoms with Crippen LogP contribution in [0.25, 0.3) is 16.2 Å². The molecule has 0 aliphatic carbocycles. The summed E-state index contributed by atoms with van der Waals surface area (Å²) in [5.41, 5.74) is 5.08. The highest BCUT2D eigenvalue weighted by molar-refractivity contribution is 7.15. The van der Waals surface area contributed by atoms with Crippen LogP contribution in [0.1, 0.15) is 22.6 Å². The van der Waals surface area contributed by atoms with Gasteiger partial charge in [0.2, 0.25) is 10.9 Å². The second kappa shape index (κ2) is 8.39. The summed E-state index contributed by atoms with van der Waals surface area (Å²) in [7, 11) is 1.67. The number of fused-ring (bicyclic) bond motifs is 1. The summed E-state index contributed by atoms with van der Waals surface area (Å²) in [6, 6.07) is 18.2. The Morgan fingerprint density at radius 2 is 1.75 bits per heavy atom. The van der Waals surface area contributed by atoms with Crippen LogP contribution >= 0.6 is 11.3 Å². The molecule has 0 unspecified atom stereocenters. The molecule has 0 radical (unpaired) electrons. The molecule has 8 heteroatoms. The van der Waals surface area contributed by atoms with Gasteiger partial charge in [-0.2, -0.15) is 4.98 Å². The van der Waals surface area contributed by atoms with Crippen molar-refractivity contribution in [3.05, 3.63) is 82.6 Å². The van der Waals surface area contributed by atoms with Gasteiger partial charge in [-0.1, -0.05) is 42.5 Å². The van der Waals surface area contributed by atoms with Gasteiger partial charge in [0, 0.05) is 28.6 Å². The van der Waals surface area contributed by atoms with Gasteiger partial charge in [0.15, 0.2) is 0 Å². The van der Waals surface area contributed by atoms with E-state index in [1.165, 1.54) is 16.9 Å². The van der Waals surface area contributed by atoms with Crippen molar-refractivity contribution in [3.63, 3.8) is 0 Å². The van der Waals surface area contributed by atoms with Crippen LogP contribution in [0, 0.1) is 13.8 Å². The first kappa shape index (κ1) is 20.1. The molecular weight excluding hydrogens is 420 g/mol. The fourth-order valence-electron chi connectivity index (χ4n) is 3.73. The number of nitrogens with one attached hydrogen (secondary N) is 1. The largest absolute Gasteiger partial charge is 0.496 e. The number of aryl methyl sites for hydroxylation is 2. The molecule has 7 nitrogen and oxygen atoms in total. The highest BCUT2D eigenvalue weighted by Gasteiger charge is 2.17. The molecule has 3 aromatic heterocycles. The molecule has 0 fully saturated rings. The average molecular weight is 443 g/mol. The molecule has 0 aliphatic heterocycles. The Hall–Kier alpha value is -3.78. The molecule has 32 heavy (non-hydrogen) atoms. The smallest absolute Gasteiger partial charge is 0.249 e. The fourth-order valence-corrected chi connectivity index (χ4v) is 4.55. The van der Waals surface area contributed by atoms with Gasteiger partial charge < -0.3 is 10.1 Å². The van der Waals surface area contributed by atoms with Crippen LogP contribution in [-0.4, -0.2) is 31.7 Å². The number of thiazole rings is 1. The number of aromatic nitrogens is 5. The van der Waals surface area contributed by atoms with Crippen molar-refractivity contribution in [2.45, 2.75) is 20.3 Å². The number of anilines is 2. The number of hydrogen-bond acceptors (Lipinski definition) is 7. The Kier molecular flexibility index (Phi) is 5.28. The second-order valence-electron chi connectivity index (χ2n) is 7.42. The minimum atomic E-state index is 0.500. The Balaban J connectivity index is 1.52. The van der Waals surface area contributed by atoms with Gasteiger partial charge in [-0.15, -0.1) is 16.4 Å². The summed E-state index contributed by atoms with van der Waals surface area (Å²) in [5.74, 6) is 2.73. The third kappa shape index (κ3) is 3.80. The van der Waals surface area contributed by atoms with Crippen molar-refractivity contribution in [1.82, 2.24) is 24.6 Å². The van der Waals surface area contributed by atoms with Crippen molar-refractivity contribution >= 4 is 28.1 Å². The van der Waals surface area contributed by atoms with E-state index >= 15 is 0 Å². The summed E-state index contributed by atoms with van der Waals surface area (Å²) in [5, 5.41) is 10.1. The number of rotatable bonds is 6. The monoisotopic (exact) mass is 442 g/mol. The third-order valence-electron chi connectivity index (χ3n) is 5.24. The number of benzene rings is 2. The van der Waals surface area contributed by atoms with E-state index in [1.54, 1.807) is 7.11 Å². The SMILES string of the molecule is COc1ccccc1-c1csc2nc(Nc3nc(C)nc(C)c3Cc3ccccc3)nn12. The molecule has 1 N–H and O–H groups in total. The lowest BCUT2D eigenvalue weighted by molar-refractivity contribution is 0.416. The minimum Gasteiger partial charge on any atom is -0.496 e. The average Bonchev–Trinajstić information content (AvgIpc) is 3.37. The molecule has 0 atom stereocenters. The third-order valence-corrected chi connectivity index (χ3v) is 6.06. The van der Waals surface area contributed by atoms with Crippen molar-refractivity contribution in [2.24, 2.45) is 0 Å². The normalized spacial score (nSPS) is 11.1. The van der Waals surface area contributed by atoms with Gasteiger partial charge in [-0.25, -0.2) is 14.5 Å². The predicted octanol–water partition coefficient (Wildman–Crippen LogP) is 5.21. The van der Waals surface area contributed by atoms with Crippen LogP contribution in [-0.2, 0) is 6.42 Å². The summed E-state index contributed by atoms with van der Waals surface area (Å²) in [6.07, 6.45) is 0.726. The maximum atomic E-state index is 5.53. The van der Waals surface area contributed by atoms with Gasteiger partial charge in [0.1, 0.15) is 17.4 Å². The van der Waals surface area contributed by atoms with Crippen molar-refractivity contribution < 1.29 is 4.74 Å². The molecule has 0 amide bonds. The second-order valence-corrected chi connectivity index (χ2v) is 8.26. The molecule has 5 rings (SSSR count). The van der Waals surface area contributed by atoms with E-state index in [0.29, 0.717) is 11.8 Å². The molecular formula is C24H22N6OS. The topological polar surface area (TPSA) is 77.2 Å². The van der Waals surface area contributed by atoms with Crippen LogP contribution in [0.15, 0.2) is 60.0 Å². The van der Waals surface area contributed by atoms with E-state index in [9.17, 15) is 0 Å². The van der Waals surface area contributed by atoms with Crippen LogP contribution in [0.5, 0.6) is 5.75 Å². The first-order chi connectivity index (χ1) is 15.6. The molecule has 2 aromatic carbocycles. The molecule has 0 bridgehead atoms. The zero-order valence-corrected chi connectivity index (χ0v) is 18.8. The highest BCUT2D eigenvalue weighted by Crippen LogP contribution is 2.33. The molecule has 5 aromatic rings. The van der Waals surface area contributed by atoms with Gasteiger partial charge in [-0.05, 0) is 31.5 Å². The zero-order valence-electron chi connectivity index (χ0n) is 18.0. The van der Waals surface area contributed by atoms with E-state index in [2.05, 4.69) is 32.4 Å². The van der Waals surface area contributed by atoms with Crippen LogP contribution in [0.2, 0.25) is 0 Å². The summed E-state index contributed by atoms with van der Waals surface area (Å²) < 4.78 is 7.37. The van der Waals surface area contributed by atoms with Crippen LogP contribution in [0.4, 0.5) is 11.8 Å². The number of methoxy groups -OCH3 is 1. The molecule has 160 valence electrons.